The molecule has 1 aliphatic heterocycles. The number of benzene rings is 1. The van der Waals surface area contributed by atoms with Gasteiger partial charge in [-0.25, -0.2) is 8.78 Å². The fourth-order valence-electron chi connectivity index (χ4n) is 2.71. The van der Waals surface area contributed by atoms with E-state index in [2.05, 4.69) is 20.6 Å². The molecule has 2 N–H and O–H groups in total. The second kappa shape index (κ2) is 7.29. The van der Waals surface area contributed by atoms with Crippen LogP contribution in [0.1, 0.15) is 25.8 Å². The molecule has 28 heavy (non-hydrogen) atoms. The average Bonchev–Trinajstić information content (AvgIpc) is 2.97. The van der Waals surface area contributed by atoms with Crippen molar-refractivity contribution in [2.24, 2.45) is 11.0 Å². The summed E-state index contributed by atoms with van der Waals surface area (Å²) in [6.45, 7) is 2.86. The molecule has 0 bridgehead atoms. The number of hydrogen-bond donors (Lipinski definition) is 2. The Morgan fingerprint density at radius 2 is 2.04 bits per heavy atom. The van der Waals surface area contributed by atoms with Gasteiger partial charge in [0.15, 0.2) is 11.7 Å². The van der Waals surface area contributed by atoms with Crippen LogP contribution < -0.4 is 10.3 Å². The van der Waals surface area contributed by atoms with E-state index in [4.69, 9.17) is 0 Å². The van der Waals surface area contributed by atoms with Gasteiger partial charge in [0.1, 0.15) is 0 Å². The molecule has 0 fully saturated rings. The molecule has 1 aliphatic rings. The molecular formula is C18H17F2N5O3. The van der Waals surface area contributed by atoms with Gasteiger partial charge in [-0.1, -0.05) is 19.1 Å². The maximum absolute atomic E-state index is 13.9. The number of rotatable bonds is 5. The van der Waals surface area contributed by atoms with Crippen molar-refractivity contribution in [1.82, 2.24) is 10.2 Å². The molecule has 2 aromatic rings. The van der Waals surface area contributed by atoms with Crippen molar-refractivity contribution in [3.05, 3.63) is 42.0 Å². The van der Waals surface area contributed by atoms with E-state index in [1.165, 1.54) is 50.2 Å². The highest BCUT2D eigenvalue weighted by atomic mass is 19.3. The summed E-state index contributed by atoms with van der Waals surface area (Å²) in [5.74, 6) is -5.89. The second-order valence-corrected chi connectivity index (χ2v) is 6.20. The normalized spacial score (nSPS) is 16.9. The summed E-state index contributed by atoms with van der Waals surface area (Å²) in [5, 5.41) is 23.7. The fraction of sp³-hybridized carbons (Fsp3) is 0.278. The van der Waals surface area contributed by atoms with Gasteiger partial charge in [0.05, 0.1) is 5.71 Å². The highest BCUT2D eigenvalue weighted by Crippen LogP contribution is 2.32. The van der Waals surface area contributed by atoms with E-state index < -0.39 is 23.7 Å². The maximum atomic E-state index is 13.9. The van der Waals surface area contributed by atoms with E-state index in [1.54, 1.807) is 0 Å². The Bertz CT molecular complexity index is 946. The van der Waals surface area contributed by atoms with Crippen molar-refractivity contribution in [3.8, 4) is 5.88 Å². The third kappa shape index (κ3) is 3.66. The zero-order valence-electron chi connectivity index (χ0n) is 15.1. The van der Waals surface area contributed by atoms with Crippen LogP contribution in [0.15, 0.2) is 41.5 Å². The zero-order chi connectivity index (χ0) is 20.5. The molecule has 3 rings (SSSR count). The average molecular weight is 389 g/mol. The van der Waals surface area contributed by atoms with Gasteiger partial charge in [-0.2, -0.15) is 10.1 Å². The fourth-order valence-corrected chi connectivity index (χ4v) is 2.71. The zero-order valence-corrected chi connectivity index (χ0v) is 15.1. The molecule has 0 radical (unpaired) electrons. The van der Waals surface area contributed by atoms with Crippen LogP contribution in [0.3, 0.4) is 0 Å². The summed E-state index contributed by atoms with van der Waals surface area (Å²) in [6.07, 6.45) is -0.375. The molecule has 0 spiro atoms. The van der Waals surface area contributed by atoms with Crippen molar-refractivity contribution in [3.63, 3.8) is 0 Å². The molecule has 1 unspecified atom stereocenters. The van der Waals surface area contributed by atoms with Gasteiger partial charge in [-0.15, -0.1) is 10.2 Å². The van der Waals surface area contributed by atoms with Crippen LogP contribution in [0, 0.1) is 5.92 Å². The van der Waals surface area contributed by atoms with Crippen molar-refractivity contribution in [2.75, 3.05) is 10.3 Å². The quantitative estimate of drug-likeness (QED) is 0.765. The van der Waals surface area contributed by atoms with Crippen LogP contribution in [0.25, 0.3) is 0 Å². The predicted octanol–water partition coefficient (Wildman–Crippen LogP) is 2.66. The Morgan fingerprint density at radius 1 is 1.29 bits per heavy atom. The van der Waals surface area contributed by atoms with Crippen LogP contribution in [0.4, 0.5) is 20.3 Å². The molecule has 2 amide bonds. The monoisotopic (exact) mass is 389 g/mol. The molecule has 1 aromatic carbocycles. The molecule has 10 heteroatoms. The Hall–Kier alpha value is -3.43. The third-order valence-electron chi connectivity index (χ3n) is 4.24. The van der Waals surface area contributed by atoms with Gasteiger partial charge in [0, 0.05) is 23.7 Å². The summed E-state index contributed by atoms with van der Waals surface area (Å²) in [7, 11) is 0. The van der Waals surface area contributed by atoms with E-state index >= 15 is 0 Å². The van der Waals surface area contributed by atoms with Crippen LogP contribution in [0.5, 0.6) is 5.88 Å². The second-order valence-electron chi connectivity index (χ2n) is 6.20. The van der Waals surface area contributed by atoms with Gasteiger partial charge in [0.25, 0.3) is 11.8 Å². The van der Waals surface area contributed by atoms with E-state index in [1.807, 2.05) is 0 Å². The third-order valence-corrected chi connectivity index (χ3v) is 4.24. The molecule has 2 heterocycles. The van der Waals surface area contributed by atoms with Crippen molar-refractivity contribution in [1.29, 1.82) is 0 Å². The molecule has 0 saturated carbocycles. The lowest BCUT2D eigenvalue weighted by Gasteiger charge is -2.16. The minimum absolute atomic E-state index is 0.0436. The van der Waals surface area contributed by atoms with Crippen LogP contribution in [0.2, 0.25) is 0 Å². The summed E-state index contributed by atoms with van der Waals surface area (Å²) in [4.78, 5) is 25.2. The lowest BCUT2D eigenvalue weighted by Crippen LogP contribution is -2.36. The number of hydrogen-bond acceptors (Lipinski definition) is 6. The largest absolute Gasteiger partial charge is 0.492 e. The summed E-state index contributed by atoms with van der Waals surface area (Å²) in [5.41, 5.74) is 0.142. The topological polar surface area (TPSA) is 108 Å². The van der Waals surface area contributed by atoms with Gasteiger partial charge in [-0.3, -0.25) is 9.59 Å². The van der Waals surface area contributed by atoms with Crippen molar-refractivity contribution >= 4 is 29.0 Å². The van der Waals surface area contributed by atoms with E-state index in [-0.39, 0.29) is 35.1 Å². The van der Waals surface area contributed by atoms with Crippen molar-refractivity contribution < 1.29 is 23.5 Å². The van der Waals surface area contributed by atoms with E-state index in [0.717, 1.165) is 5.01 Å². The van der Waals surface area contributed by atoms with Crippen LogP contribution in [-0.2, 0) is 15.5 Å². The van der Waals surface area contributed by atoms with Crippen LogP contribution >= 0.6 is 0 Å². The highest BCUT2D eigenvalue weighted by molar-refractivity contribution is 6.28. The number of nitrogens with one attached hydrogen (secondary N) is 1. The number of aromatic nitrogens is 2. The SMILES string of the molecule is CCC(F)(F)c1cccc(NC(=O)C2C(=O)N(c3ccc(O)nn3)N=C2C)c1. The van der Waals surface area contributed by atoms with Gasteiger partial charge in [-0.05, 0) is 25.1 Å². The standard InChI is InChI=1S/C18H17F2N5O3/c1-3-18(19,20)11-5-4-6-12(9-11)21-16(27)15-10(2)24-25(17(15)28)13-7-8-14(26)23-22-13/h4-9,15H,3H2,1-2H3,(H,21,27)(H,23,26). The Labute approximate surface area is 158 Å². The number of amides is 2. The molecule has 0 aliphatic carbocycles. The maximum Gasteiger partial charge on any atom is 0.273 e. The molecule has 1 aromatic heterocycles. The first-order valence-electron chi connectivity index (χ1n) is 8.44. The number of halogens is 2. The Kier molecular flexibility index (Phi) is 5.04. The Balaban J connectivity index is 1.78. The van der Waals surface area contributed by atoms with Gasteiger partial charge < -0.3 is 10.4 Å². The highest BCUT2D eigenvalue weighted by Gasteiger charge is 2.40. The molecule has 0 saturated heterocycles. The van der Waals surface area contributed by atoms with Gasteiger partial charge in [0.2, 0.25) is 11.8 Å². The van der Waals surface area contributed by atoms with E-state index in [0.29, 0.717) is 0 Å². The first kappa shape index (κ1) is 19.3. The Morgan fingerprint density at radius 3 is 2.68 bits per heavy atom. The summed E-state index contributed by atoms with van der Waals surface area (Å²) >= 11 is 0. The summed E-state index contributed by atoms with van der Waals surface area (Å²) in [6, 6.07) is 7.88. The molecule has 8 nitrogen and oxygen atoms in total. The minimum atomic E-state index is -3.02. The van der Waals surface area contributed by atoms with Gasteiger partial charge >= 0.3 is 0 Å². The smallest absolute Gasteiger partial charge is 0.273 e. The van der Waals surface area contributed by atoms with E-state index in [9.17, 15) is 23.5 Å². The van der Waals surface area contributed by atoms with Crippen LogP contribution in [-0.4, -0.2) is 32.8 Å². The lowest BCUT2D eigenvalue weighted by molar-refractivity contribution is -0.127. The number of carbonyl (C=O) groups excluding carboxylic acids is 2. The minimum Gasteiger partial charge on any atom is -0.492 e. The number of alkyl halides is 2. The first-order chi connectivity index (χ1) is 13.2. The number of hydrazone groups is 1. The lowest BCUT2D eigenvalue weighted by atomic mass is 10.0. The molecular weight excluding hydrogens is 372 g/mol. The molecule has 146 valence electrons. The predicted molar refractivity (Wildman–Crippen MR) is 97.0 cm³/mol. The number of anilines is 2. The van der Waals surface area contributed by atoms with Crippen molar-refractivity contribution in [2.45, 2.75) is 26.2 Å². The summed E-state index contributed by atoms with van der Waals surface area (Å²) < 4.78 is 27.7. The number of nitrogens with zero attached hydrogens (tertiary/aromatic N) is 4. The number of aromatic hydroxyl groups is 1. The molecule has 1 atom stereocenters. The number of carbonyl (C=O) groups is 2. The first-order valence-corrected chi connectivity index (χ1v) is 8.44.